The predicted molar refractivity (Wildman–Crippen MR) is 93.7 cm³/mol. The Labute approximate surface area is 154 Å². The molecule has 1 aliphatic heterocycles. The molecule has 1 aliphatic rings. The molecule has 0 saturated carbocycles. The summed E-state index contributed by atoms with van der Waals surface area (Å²) < 4.78 is 0. The Kier molecular flexibility index (Phi) is 5.50. The number of rotatable bonds is 3. The van der Waals surface area contributed by atoms with E-state index in [9.17, 15) is 9.59 Å². The smallest absolute Gasteiger partial charge is 0.271 e. The van der Waals surface area contributed by atoms with Gasteiger partial charge in [-0.2, -0.15) is 0 Å². The van der Waals surface area contributed by atoms with Crippen molar-refractivity contribution < 1.29 is 9.59 Å². The maximum absolute atomic E-state index is 12.2. The van der Waals surface area contributed by atoms with E-state index >= 15 is 0 Å². The summed E-state index contributed by atoms with van der Waals surface area (Å²) in [7, 11) is 0. The Morgan fingerprint density at radius 1 is 1.04 bits per heavy atom. The van der Waals surface area contributed by atoms with E-state index in [0.717, 1.165) is 5.56 Å². The summed E-state index contributed by atoms with van der Waals surface area (Å²) >= 11 is 11.6. The highest BCUT2D eigenvalue weighted by molar-refractivity contribution is 6.34. The number of nitrogens with one attached hydrogen (secondary N) is 4. The summed E-state index contributed by atoms with van der Waals surface area (Å²) in [4.78, 5) is 28.1. The summed E-state index contributed by atoms with van der Waals surface area (Å²) in [6.07, 6.45) is 0.544. The molecular formula is C16H15Cl2N5O2. The highest BCUT2D eigenvalue weighted by Crippen LogP contribution is 2.21. The van der Waals surface area contributed by atoms with Gasteiger partial charge in [0, 0.05) is 6.04 Å². The van der Waals surface area contributed by atoms with E-state index in [0.29, 0.717) is 6.42 Å². The van der Waals surface area contributed by atoms with Gasteiger partial charge in [-0.3, -0.25) is 20.4 Å². The summed E-state index contributed by atoms with van der Waals surface area (Å²) in [6.45, 7) is 0. The molecule has 25 heavy (non-hydrogen) atoms. The van der Waals surface area contributed by atoms with Crippen LogP contribution in [0.25, 0.3) is 0 Å². The number of aromatic nitrogens is 1. The minimum Gasteiger partial charge on any atom is -0.271 e. The third kappa shape index (κ3) is 4.26. The van der Waals surface area contributed by atoms with Crippen molar-refractivity contribution in [1.82, 2.24) is 26.7 Å². The maximum Gasteiger partial charge on any atom is 0.289 e. The molecule has 0 spiro atoms. The SMILES string of the molecule is O=C(NNC(=O)C1CC(c2ccccc2)NN1)c1nc(Cl)ccc1Cl. The number of hydrazine groups is 2. The van der Waals surface area contributed by atoms with Crippen LogP contribution in [-0.4, -0.2) is 22.8 Å². The van der Waals surface area contributed by atoms with E-state index in [-0.39, 0.29) is 27.8 Å². The summed E-state index contributed by atoms with van der Waals surface area (Å²) in [5.41, 5.74) is 11.6. The lowest BCUT2D eigenvalue weighted by Crippen LogP contribution is -2.50. The van der Waals surface area contributed by atoms with Crippen molar-refractivity contribution in [2.75, 3.05) is 0 Å². The second kappa shape index (κ2) is 7.79. The van der Waals surface area contributed by atoms with Gasteiger partial charge in [-0.25, -0.2) is 15.8 Å². The van der Waals surface area contributed by atoms with Crippen LogP contribution in [0.2, 0.25) is 10.2 Å². The molecule has 1 aromatic heterocycles. The Morgan fingerprint density at radius 3 is 2.56 bits per heavy atom. The third-order valence-corrected chi connectivity index (χ3v) is 4.26. The van der Waals surface area contributed by atoms with Crippen LogP contribution < -0.4 is 21.7 Å². The second-order valence-corrected chi connectivity index (χ2v) is 6.24. The van der Waals surface area contributed by atoms with Gasteiger partial charge in [0.05, 0.1) is 5.02 Å². The first-order valence-electron chi connectivity index (χ1n) is 7.53. The fourth-order valence-corrected chi connectivity index (χ4v) is 2.81. The zero-order valence-electron chi connectivity index (χ0n) is 12.9. The molecule has 0 aliphatic carbocycles. The molecule has 3 rings (SSSR count). The van der Waals surface area contributed by atoms with Gasteiger partial charge < -0.3 is 0 Å². The summed E-state index contributed by atoms with van der Waals surface area (Å²) in [5.74, 6) is -1.02. The quantitative estimate of drug-likeness (QED) is 0.481. The molecule has 4 N–H and O–H groups in total. The zero-order chi connectivity index (χ0) is 17.8. The van der Waals surface area contributed by atoms with Crippen LogP contribution in [0.1, 0.15) is 28.5 Å². The van der Waals surface area contributed by atoms with E-state index in [4.69, 9.17) is 23.2 Å². The second-order valence-electron chi connectivity index (χ2n) is 5.45. The molecule has 1 saturated heterocycles. The van der Waals surface area contributed by atoms with Crippen LogP contribution in [0.3, 0.4) is 0 Å². The number of carbonyl (C=O) groups excluding carboxylic acids is 2. The Bertz CT molecular complexity index is 787. The number of hydrogen-bond acceptors (Lipinski definition) is 5. The largest absolute Gasteiger partial charge is 0.289 e. The third-order valence-electron chi connectivity index (χ3n) is 3.75. The van der Waals surface area contributed by atoms with Gasteiger partial charge in [0.25, 0.3) is 11.8 Å². The minimum atomic E-state index is -0.647. The summed E-state index contributed by atoms with van der Waals surface area (Å²) in [5, 5.41) is 0.272. The molecule has 1 fully saturated rings. The first-order valence-corrected chi connectivity index (χ1v) is 8.28. The monoisotopic (exact) mass is 379 g/mol. The first kappa shape index (κ1) is 17.6. The zero-order valence-corrected chi connectivity index (χ0v) is 14.4. The van der Waals surface area contributed by atoms with Crippen LogP contribution in [-0.2, 0) is 4.79 Å². The van der Waals surface area contributed by atoms with E-state index in [1.165, 1.54) is 12.1 Å². The van der Waals surface area contributed by atoms with Gasteiger partial charge in [0.2, 0.25) is 0 Å². The van der Waals surface area contributed by atoms with Crippen molar-refractivity contribution in [3.63, 3.8) is 0 Å². The molecule has 130 valence electrons. The van der Waals surface area contributed by atoms with E-state index < -0.39 is 11.9 Å². The van der Waals surface area contributed by atoms with Crippen molar-refractivity contribution in [2.24, 2.45) is 0 Å². The number of carbonyl (C=O) groups is 2. The van der Waals surface area contributed by atoms with Crippen LogP contribution in [0.15, 0.2) is 42.5 Å². The lowest BCUT2D eigenvalue weighted by atomic mass is 10.0. The highest BCUT2D eigenvalue weighted by Gasteiger charge is 2.30. The van der Waals surface area contributed by atoms with Crippen molar-refractivity contribution >= 4 is 35.0 Å². The van der Waals surface area contributed by atoms with Crippen LogP contribution >= 0.6 is 23.2 Å². The maximum atomic E-state index is 12.2. The van der Waals surface area contributed by atoms with Crippen molar-refractivity contribution in [1.29, 1.82) is 0 Å². The van der Waals surface area contributed by atoms with E-state index in [1.807, 2.05) is 30.3 Å². The fourth-order valence-electron chi connectivity index (χ4n) is 2.47. The van der Waals surface area contributed by atoms with Crippen molar-refractivity contribution in [3.05, 3.63) is 63.9 Å². The van der Waals surface area contributed by atoms with Crippen molar-refractivity contribution in [2.45, 2.75) is 18.5 Å². The van der Waals surface area contributed by atoms with Gasteiger partial charge in [-0.1, -0.05) is 53.5 Å². The number of halogens is 2. The van der Waals surface area contributed by atoms with Gasteiger partial charge >= 0.3 is 0 Å². The van der Waals surface area contributed by atoms with Gasteiger partial charge in [0.1, 0.15) is 16.9 Å². The minimum absolute atomic E-state index is 0.0108. The molecule has 7 nitrogen and oxygen atoms in total. The van der Waals surface area contributed by atoms with Gasteiger partial charge in [-0.05, 0) is 24.1 Å². The lowest BCUT2D eigenvalue weighted by Gasteiger charge is -2.12. The Morgan fingerprint density at radius 2 is 1.80 bits per heavy atom. The predicted octanol–water partition coefficient (Wildman–Crippen LogP) is 1.76. The number of nitrogens with zero attached hydrogens (tertiary/aromatic N) is 1. The number of amides is 2. The number of hydrogen-bond donors (Lipinski definition) is 4. The average molecular weight is 380 g/mol. The van der Waals surface area contributed by atoms with Gasteiger partial charge in [-0.15, -0.1) is 0 Å². The molecule has 2 amide bonds. The molecule has 2 aromatic rings. The molecule has 2 unspecified atom stereocenters. The number of pyridine rings is 1. The molecule has 1 aromatic carbocycles. The average Bonchev–Trinajstić information content (AvgIpc) is 3.12. The number of benzene rings is 1. The molecule has 0 radical (unpaired) electrons. The highest BCUT2D eigenvalue weighted by atomic mass is 35.5. The Hall–Kier alpha value is -2.19. The lowest BCUT2D eigenvalue weighted by molar-refractivity contribution is -0.123. The normalized spacial score (nSPS) is 19.4. The van der Waals surface area contributed by atoms with Gasteiger partial charge in [0.15, 0.2) is 0 Å². The summed E-state index contributed by atoms with van der Waals surface area (Å²) in [6, 6.07) is 12.2. The molecular weight excluding hydrogens is 365 g/mol. The molecule has 9 heteroatoms. The topological polar surface area (TPSA) is 95.2 Å². The molecule has 0 bridgehead atoms. The van der Waals surface area contributed by atoms with Crippen molar-refractivity contribution in [3.8, 4) is 0 Å². The Balaban J connectivity index is 1.55. The standard InChI is InChI=1S/C16H15Cl2N5O2/c17-10-6-7-13(18)19-14(10)16(25)23-22-15(24)12-8-11(20-21-12)9-4-2-1-3-5-9/h1-7,11-12,20-21H,8H2,(H,22,24)(H,23,25). The molecule has 2 heterocycles. The van der Waals surface area contributed by atoms with E-state index in [1.54, 1.807) is 0 Å². The van der Waals surface area contributed by atoms with Crippen LogP contribution in [0.5, 0.6) is 0 Å². The molecule has 2 atom stereocenters. The first-order chi connectivity index (χ1) is 12.0. The van der Waals surface area contributed by atoms with Crippen LogP contribution in [0, 0.1) is 0 Å². The van der Waals surface area contributed by atoms with Crippen LogP contribution in [0.4, 0.5) is 0 Å². The van der Waals surface area contributed by atoms with E-state index in [2.05, 4.69) is 26.7 Å². The fraction of sp³-hybridized carbons (Fsp3) is 0.188.